The van der Waals surface area contributed by atoms with Crippen molar-refractivity contribution in [1.82, 2.24) is 4.90 Å². The van der Waals surface area contributed by atoms with Crippen molar-refractivity contribution in [3.63, 3.8) is 0 Å². The molecule has 2 rings (SSSR count). The monoisotopic (exact) mass is 255 g/mol. The molecule has 4 heteroatoms. The van der Waals surface area contributed by atoms with Crippen LogP contribution in [0.3, 0.4) is 0 Å². The SMILES string of the molecule is O=C(CCC1CCCCO1)N(CCO)C1CCC1. The molecular weight excluding hydrogens is 230 g/mol. The van der Waals surface area contributed by atoms with Gasteiger partial charge in [-0.15, -0.1) is 0 Å². The van der Waals surface area contributed by atoms with Crippen LogP contribution in [0.5, 0.6) is 0 Å². The van der Waals surface area contributed by atoms with Gasteiger partial charge in [0.25, 0.3) is 0 Å². The molecule has 2 fully saturated rings. The first kappa shape index (κ1) is 13.8. The van der Waals surface area contributed by atoms with Gasteiger partial charge in [0.1, 0.15) is 0 Å². The Morgan fingerprint density at radius 3 is 2.61 bits per heavy atom. The van der Waals surface area contributed by atoms with Crippen molar-refractivity contribution in [2.24, 2.45) is 0 Å². The van der Waals surface area contributed by atoms with Crippen molar-refractivity contribution in [3.05, 3.63) is 0 Å². The van der Waals surface area contributed by atoms with Gasteiger partial charge >= 0.3 is 0 Å². The lowest BCUT2D eigenvalue weighted by Crippen LogP contribution is -2.45. The van der Waals surface area contributed by atoms with E-state index in [1.54, 1.807) is 0 Å². The summed E-state index contributed by atoms with van der Waals surface area (Å²) in [5.74, 6) is 0.197. The minimum absolute atomic E-state index is 0.0716. The molecule has 1 atom stereocenters. The van der Waals surface area contributed by atoms with E-state index < -0.39 is 0 Å². The number of hydrogen-bond donors (Lipinski definition) is 1. The van der Waals surface area contributed by atoms with E-state index in [1.165, 1.54) is 12.8 Å². The van der Waals surface area contributed by atoms with E-state index in [9.17, 15) is 4.79 Å². The Labute approximate surface area is 109 Å². The summed E-state index contributed by atoms with van der Waals surface area (Å²) in [6.45, 7) is 1.42. The topological polar surface area (TPSA) is 49.8 Å². The molecule has 1 aliphatic heterocycles. The maximum absolute atomic E-state index is 12.2. The summed E-state index contributed by atoms with van der Waals surface area (Å²) in [4.78, 5) is 14.1. The second-order valence-corrected chi connectivity index (χ2v) is 5.42. The molecule has 1 N–H and O–H groups in total. The van der Waals surface area contributed by atoms with E-state index >= 15 is 0 Å². The molecule has 2 aliphatic rings. The van der Waals surface area contributed by atoms with Gasteiger partial charge in [-0.25, -0.2) is 0 Å². The van der Waals surface area contributed by atoms with Crippen LogP contribution < -0.4 is 0 Å². The second-order valence-electron chi connectivity index (χ2n) is 5.42. The first-order valence-electron chi connectivity index (χ1n) is 7.33. The van der Waals surface area contributed by atoms with E-state index in [2.05, 4.69) is 0 Å². The highest BCUT2D eigenvalue weighted by atomic mass is 16.5. The van der Waals surface area contributed by atoms with E-state index in [1.807, 2.05) is 4.90 Å². The summed E-state index contributed by atoms with van der Waals surface area (Å²) >= 11 is 0. The molecule has 0 aromatic heterocycles. The lowest BCUT2D eigenvalue weighted by atomic mass is 9.91. The van der Waals surface area contributed by atoms with Gasteiger partial charge in [-0.2, -0.15) is 0 Å². The number of aliphatic hydroxyl groups excluding tert-OH is 1. The highest BCUT2D eigenvalue weighted by Gasteiger charge is 2.28. The Bertz CT molecular complexity index is 260. The fourth-order valence-electron chi connectivity index (χ4n) is 2.78. The van der Waals surface area contributed by atoms with Crippen LogP contribution in [0.4, 0.5) is 0 Å². The Morgan fingerprint density at radius 1 is 1.22 bits per heavy atom. The fraction of sp³-hybridized carbons (Fsp3) is 0.929. The number of carbonyl (C=O) groups is 1. The summed E-state index contributed by atoms with van der Waals surface area (Å²) in [6.07, 6.45) is 8.58. The molecule has 18 heavy (non-hydrogen) atoms. The fourth-order valence-corrected chi connectivity index (χ4v) is 2.78. The van der Waals surface area contributed by atoms with Crippen LogP contribution in [0.2, 0.25) is 0 Å². The lowest BCUT2D eigenvalue weighted by Gasteiger charge is -2.37. The molecule has 1 amide bonds. The van der Waals surface area contributed by atoms with Crippen molar-refractivity contribution in [3.8, 4) is 0 Å². The summed E-state index contributed by atoms with van der Waals surface area (Å²) in [6, 6.07) is 0.386. The molecule has 4 nitrogen and oxygen atoms in total. The summed E-state index contributed by atoms with van der Waals surface area (Å²) < 4.78 is 5.65. The molecule has 0 aromatic rings. The van der Waals surface area contributed by atoms with Crippen LogP contribution in [0.25, 0.3) is 0 Å². The Morgan fingerprint density at radius 2 is 2.06 bits per heavy atom. The smallest absolute Gasteiger partial charge is 0.222 e. The molecule has 1 aliphatic carbocycles. The second kappa shape index (κ2) is 7.10. The standard InChI is InChI=1S/C14H25NO3/c16-10-9-15(12-4-3-5-12)14(17)8-7-13-6-1-2-11-18-13/h12-13,16H,1-11H2. The van der Waals surface area contributed by atoms with Gasteiger partial charge in [-0.05, 0) is 44.9 Å². The lowest BCUT2D eigenvalue weighted by molar-refractivity contribution is -0.137. The van der Waals surface area contributed by atoms with Crippen molar-refractivity contribution in [2.75, 3.05) is 19.8 Å². The molecule has 0 radical (unpaired) electrons. The molecule has 1 saturated heterocycles. The van der Waals surface area contributed by atoms with Crippen LogP contribution >= 0.6 is 0 Å². The van der Waals surface area contributed by atoms with Gasteiger partial charge in [-0.1, -0.05) is 0 Å². The van der Waals surface area contributed by atoms with Gasteiger partial charge in [-0.3, -0.25) is 4.79 Å². The van der Waals surface area contributed by atoms with Crippen LogP contribution in [0, 0.1) is 0 Å². The van der Waals surface area contributed by atoms with Crippen LogP contribution in [-0.2, 0) is 9.53 Å². The first-order chi connectivity index (χ1) is 8.81. The minimum atomic E-state index is 0.0716. The number of hydrogen-bond acceptors (Lipinski definition) is 3. The number of aliphatic hydroxyl groups is 1. The Hall–Kier alpha value is -0.610. The zero-order valence-corrected chi connectivity index (χ0v) is 11.1. The van der Waals surface area contributed by atoms with Crippen LogP contribution in [0.1, 0.15) is 51.4 Å². The summed E-state index contributed by atoms with van der Waals surface area (Å²) in [7, 11) is 0. The van der Waals surface area contributed by atoms with Gasteiger partial charge in [0.15, 0.2) is 0 Å². The largest absolute Gasteiger partial charge is 0.395 e. The van der Waals surface area contributed by atoms with Gasteiger partial charge < -0.3 is 14.7 Å². The third-order valence-corrected chi connectivity index (χ3v) is 4.13. The van der Waals surface area contributed by atoms with Gasteiger partial charge in [0.05, 0.1) is 12.7 Å². The number of ether oxygens (including phenoxy) is 1. The third-order valence-electron chi connectivity index (χ3n) is 4.13. The zero-order valence-electron chi connectivity index (χ0n) is 11.1. The molecular formula is C14H25NO3. The minimum Gasteiger partial charge on any atom is -0.395 e. The van der Waals surface area contributed by atoms with Crippen LogP contribution in [0.15, 0.2) is 0 Å². The van der Waals surface area contributed by atoms with Crippen molar-refractivity contribution >= 4 is 5.91 Å². The van der Waals surface area contributed by atoms with Crippen molar-refractivity contribution < 1.29 is 14.6 Å². The highest BCUT2D eigenvalue weighted by molar-refractivity contribution is 5.76. The van der Waals surface area contributed by atoms with E-state index in [-0.39, 0.29) is 18.6 Å². The summed E-state index contributed by atoms with van der Waals surface area (Å²) in [5, 5.41) is 9.05. The molecule has 1 heterocycles. The van der Waals surface area contributed by atoms with E-state index in [0.717, 1.165) is 38.7 Å². The molecule has 1 unspecified atom stereocenters. The number of nitrogens with zero attached hydrogens (tertiary/aromatic N) is 1. The molecule has 0 aromatic carbocycles. The molecule has 0 spiro atoms. The first-order valence-corrected chi connectivity index (χ1v) is 7.33. The van der Waals surface area contributed by atoms with E-state index in [0.29, 0.717) is 19.0 Å². The van der Waals surface area contributed by atoms with E-state index in [4.69, 9.17) is 9.84 Å². The molecule has 1 saturated carbocycles. The molecule has 0 bridgehead atoms. The highest BCUT2D eigenvalue weighted by Crippen LogP contribution is 2.26. The van der Waals surface area contributed by atoms with Gasteiger partial charge in [0.2, 0.25) is 5.91 Å². The average Bonchev–Trinajstić information content (AvgIpc) is 2.34. The predicted molar refractivity (Wildman–Crippen MR) is 69.3 cm³/mol. The maximum Gasteiger partial charge on any atom is 0.222 e. The maximum atomic E-state index is 12.2. The molecule has 104 valence electrons. The quantitative estimate of drug-likeness (QED) is 0.786. The number of rotatable bonds is 6. The normalized spacial score (nSPS) is 24.6. The average molecular weight is 255 g/mol. The zero-order chi connectivity index (χ0) is 12.8. The predicted octanol–water partition coefficient (Wildman–Crippen LogP) is 1.71. The van der Waals surface area contributed by atoms with Crippen LogP contribution in [-0.4, -0.2) is 47.8 Å². The van der Waals surface area contributed by atoms with Gasteiger partial charge in [0, 0.05) is 25.6 Å². The Balaban J connectivity index is 1.73. The Kier molecular flexibility index (Phi) is 5.45. The van der Waals surface area contributed by atoms with Crippen molar-refractivity contribution in [1.29, 1.82) is 0 Å². The van der Waals surface area contributed by atoms with Crippen molar-refractivity contribution in [2.45, 2.75) is 63.5 Å². The number of carbonyl (C=O) groups excluding carboxylic acids is 1. The third kappa shape index (κ3) is 3.69. The summed E-state index contributed by atoms with van der Waals surface area (Å²) in [5.41, 5.74) is 0. The number of amides is 1.